The van der Waals surface area contributed by atoms with Gasteiger partial charge in [-0.15, -0.1) is 11.3 Å². The molecule has 0 saturated carbocycles. The third kappa shape index (κ3) is 3.20. The number of halogens is 3. The van der Waals surface area contributed by atoms with Gasteiger partial charge in [-0.2, -0.15) is 0 Å². The summed E-state index contributed by atoms with van der Waals surface area (Å²) in [6.45, 7) is 1.82. The summed E-state index contributed by atoms with van der Waals surface area (Å²) >= 11 is 12.9. The van der Waals surface area contributed by atoms with Crippen molar-refractivity contribution in [2.45, 2.75) is 13.0 Å². The fraction of sp³-hybridized carbons (Fsp3) is 0.167. The maximum Gasteiger partial charge on any atom is 0.295 e. The molecule has 0 radical (unpaired) electrons. The molecule has 20 heavy (non-hydrogen) atoms. The summed E-state index contributed by atoms with van der Waals surface area (Å²) in [7, 11) is 0. The Morgan fingerprint density at radius 3 is 2.65 bits per heavy atom. The Morgan fingerprint density at radius 2 is 2.10 bits per heavy atom. The van der Waals surface area contributed by atoms with Crippen LogP contribution in [0.25, 0.3) is 0 Å². The first kappa shape index (κ1) is 15.0. The molecule has 106 valence electrons. The van der Waals surface area contributed by atoms with Crippen molar-refractivity contribution >= 4 is 45.9 Å². The highest BCUT2D eigenvalue weighted by atomic mass is 35.5. The van der Waals surface area contributed by atoms with E-state index in [9.17, 15) is 14.5 Å². The molecule has 2 rings (SSSR count). The van der Waals surface area contributed by atoms with Crippen molar-refractivity contribution in [2.24, 2.45) is 0 Å². The molecule has 0 bridgehead atoms. The highest BCUT2D eigenvalue weighted by Crippen LogP contribution is 2.34. The first-order valence-corrected chi connectivity index (χ1v) is 7.11. The molecule has 0 fully saturated rings. The molecule has 8 heteroatoms. The highest BCUT2D eigenvalue weighted by molar-refractivity contribution is 7.16. The molecular formula is C12H9Cl2FN2O2S. The second-order valence-electron chi connectivity index (χ2n) is 4.05. The average molecular weight is 335 g/mol. The number of hydrogen-bond donors (Lipinski definition) is 1. The van der Waals surface area contributed by atoms with Crippen molar-refractivity contribution in [3.05, 3.63) is 54.4 Å². The highest BCUT2D eigenvalue weighted by Gasteiger charge is 2.20. The second-order valence-corrected chi connectivity index (χ2v) is 6.20. The monoisotopic (exact) mass is 334 g/mol. The van der Waals surface area contributed by atoms with Crippen molar-refractivity contribution in [1.82, 2.24) is 0 Å². The number of anilines is 1. The summed E-state index contributed by atoms with van der Waals surface area (Å²) in [5.41, 5.74) is -0.195. The van der Waals surface area contributed by atoms with E-state index in [4.69, 9.17) is 23.2 Å². The van der Waals surface area contributed by atoms with Gasteiger partial charge in [-0.25, -0.2) is 4.39 Å². The van der Waals surface area contributed by atoms with Gasteiger partial charge >= 0.3 is 0 Å². The van der Waals surface area contributed by atoms with E-state index in [1.54, 1.807) is 6.07 Å². The number of nitro groups is 1. The lowest BCUT2D eigenvalue weighted by Crippen LogP contribution is -2.07. The van der Waals surface area contributed by atoms with Crippen LogP contribution < -0.4 is 5.32 Å². The van der Waals surface area contributed by atoms with Crippen molar-refractivity contribution < 1.29 is 9.31 Å². The number of nitro benzene ring substituents is 1. The smallest absolute Gasteiger partial charge is 0.295 e. The van der Waals surface area contributed by atoms with Gasteiger partial charge in [0.2, 0.25) is 0 Å². The van der Waals surface area contributed by atoms with Crippen LogP contribution in [0.4, 0.5) is 15.8 Å². The minimum Gasteiger partial charge on any atom is -0.372 e. The van der Waals surface area contributed by atoms with E-state index in [1.807, 2.05) is 13.0 Å². The van der Waals surface area contributed by atoms with E-state index in [-0.39, 0.29) is 22.4 Å². The Bertz CT molecular complexity index is 663. The fourth-order valence-electron chi connectivity index (χ4n) is 1.67. The SMILES string of the molecule is CC(Nc1cc(Cl)c(F)cc1[N+](=O)[O-])c1ccc(Cl)s1. The second kappa shape index (κ2) is 5.95. The van der Waals surface area contributed by atoms with E-state index in [1.165, 1.54) is 17.4 Å². The van der Waals surface area contributed by atoms with E-state index in [0.29, 0.717) is 4.34 Å². The molecule has 1 aromatic carbocycles. The summed E-state index contributed by atoms with van der Waals surface area (Å²) in [5.74, 6) is -0.823. The van der Waals surface area contributed by atoms with Crippen LogP contribution in [0.3, 0.4) is 0 Å². The van der Waals surface area contributed by atoms with Gasteiger partial charge in [0, 0.05) is 4.88 Å². The molecule has 1 heterocycles. The summed E-state index contributed by atoms with van der Waals surface area (Å²) < 4.78 is 13.9. The molecule has 1 N–H and O–H groups in total. The van der Waals surface area contributed by atoms with Gasteiger partial charge in [-0.05, 0) is 25.1 Å². The molecule has 1 atom stereocenters. The van der Waals surface area contributed by atoms with Crippen molar-refractivity contribution in [3.63, 3.8) is 0 Å². The zero-order valence-corrected chi connectivity index (χ0v) is 12.5. The molecule has 2 aromatic rings. The molecular weight excluding hydrogens is 326 g/mol. The molecule has 0 aliphatic heterocycles. The topological polar surface area (TPSA) is 55.2 Å². The number of hydrogen-bond acceptors (Lipinski definition) is 4. The van der Waals surface area contributed by atoms with Crippen molar-refractivity contribution in [1.29, 1.82) is 0 Å². The first-order valence-electron chi connectivity index (χ1n) is 5.53. The standard InChI is InChI=1S/C12H9Cl2FN2O2S/c1-6(11-2-3-12(14)20-11)16-9-4-7(13)8(15)5-10(9)17(18)19/h2-6,16H,1H3. The van der Waals surface area contributed by atoms with Crippen molar-refractivity contribution in [3.8, 4) is 0 Å². The van der Waals surface area contributed by atoms with Crippen LogP contribution in [0.15, 0.2) is 24.3 Å². The Hall–Kier alpha value is -1.37. The molecule has 0 spiro atoms. The maximum atomic E-state index is 13.3. The molecule has 4 nitrogen and oxygen atoms in total. The Morgan fingerprint density at radius 1 is 1.40 bits per heavy atom. The summed E-state index contributed by atoms with van der Waals surface area (Å²) in [6.07, 6.45) is 0. The third-order valence-corrected chi connectivity index (χ3v) is 4.33. The van der Waals surface area contributed by atoms with Gasteiger partial charge in [-0.1, -0.05) is 23.2 Å². The zero-order valence-electron chi connectivity index (χ0n) is 10.2. The minimum absolute atomic E-state index is 0.165. The summed E-state index contributed by atoms with van der Waals surface area (Å²) in [4.78, 5) is 11.2. The van der Waals surface area contributed by atoms with Gasteiger partial charge in [0.1, 0.15) is 11.5 Å². The van der Waals surface area contributed by atoms with Crippen LogP contribution in [-0.2, 0) is 0 Å². The quantitative estimate of drug-likeness (QED) is 0.611. The summed E-state index contributed by atoms with van der Waals surface area (Å²) in [5, 5.41) is 13.7. The molecule has 0 aliphatic rings. The molecule has 0 saturated heterocycles. The molecule has 1 aromatic heterocycles. The predicted octanol–water partition coefficient (Wildman–Crippen LogP) is 5.28. The molecule has 0 aliphatic carbocycles. The van der Waals surface area contributed by atoms with Crippen LogP contribution in [-0.4, -0.2) is 4.92 Å². The number of nitrogens with zero attached hydrogens (tertiary/aromatic N) is 1. The lowest BCUT2D eigenvalue weighted by atomic mass is 10.2. The normalized spacial score (nSPS) is 12.2. The van der Waals surface area contributed by atoms with E-state index in [2.05, 4.69) is 5.32 Å². The minimum atomic E-state index is -0.823. The number of rotatable bonds is 4. The largest absolute Gasteiger partial charge is 0.372 e. The van der Waals surface area contributed by atoms with E-state index < -0.39 is 10.7 Å². The van der Waals surface area contributed by atoms with Gasteiger partial charge in [-0.3, -0.25) is 10.1 Å². The van der Waals surface area contributed by atoms with Gasteiger partial charge in [0.25, 0.3) is 5.69 Å². The van der Waals surface area contributed by atoms with Crippen LogP contribution in [0.2, 0.25) is 9.36 Å². The van der Waals surface area contributed by atoms with E-state index in [0.717, 1.165) is 10.9 Å². The maximum absolute atomic E-state index is 13.3. The predicted molar refractivity (Wildman–Crippen MR) is 79.4 cm³/mol. The lowest BCUT2D eigenvalue weighted by molar-refractivity contribution is -0.384. The van der Waals surface area contributed by atoms with E-state index >= 15 is 0 Å². The van der Waals surface area contributed by atoms with Crippen molar-refractivity contribution in [2.75, 3.05) is 5.32 Å². The Kier molecular flexibility index (Phi) is 4.47. The fourth-order valence-corrected chi connectivity index (χ4v) is 2.90. The lowest BCUT2D eigenvalue weighted by Gasteiger charge is -2.14. The van der Waals surface area contributed by atoms with Crippen LogP contribution >= 0.6 is 34.5 Å². The van der Waals surface area contributed by atoms with Crippen LogP contribution in [0, 0.1) is 15.9 Å². The first-order chi connectivity index (χ1) is 9.38. The number of thiophene rings is 1. The number of nitrogens with one attached hydrogen (secondary N) is 1. The van der Waals surface area contributed by atoms with Crippen LogP contribution in [0.5, 0.6) is 0 Å². The average Bonchev–Trinajstić information content (AvgIpc) is 2.80. The number of benzene rings is 1. The van der Waals surface area contributed by atoms with Gasteiger partial charge < -0.3 is 5.32 Å². The third-order valence-electron chi connectivity index (χ3n) is 2.63. The Labute approximate surface area is 128 Å². The zero-order chi connectivity index (χ0) is 14.9. The van der Waals surface area contributed by atoms with Crippen LogP contribution in [0.1, 0.15) is 17.8 Å². The Balaban J connectivity index is 2.33. The summed E-state index contributed by atoms with van der Waals surface area (Å²) in [6, 6.07) is 5.36. The van der Waals surface area contributed by atoms with Gasteiger partial charge in [0.15, 0.2) is 0 Å². The molecule has 0 amide bonds. The van der Waals surface area contributed by atoms with Gasteiger partial charge in [0.05, 0.1) is 26.4 Å². The molecule has 1 unspecified atom stereocenters.